The highest BCUT2D eigenvalue weighted by atomic mass is 16.5. The van der Waals surface area contributed by atoms with E-state index in [0.717, 1.165) is 24.2 Å². The lowest BCUT2D eigenvalue weighted by Gasteiger charge is -2.34. The molecule has 2 aliphatic heterocycles. The summed E-state index contributed by atoms with van der Waals surface area (Å²) in [7, 11) is 1.62. The molecule has 0 bridgehead atoms. The number of aromatic hydroxyl groups is 1. The second kappa shape index (κ2) is 8.15. The lowest BCUT2D eigenvalue weighted by atomic mass is 10.1. The maximum Gasteiger partial charge on any atom is 0.317 e. The highest BCUT2D eigenvalue weighted by Gasteiger charge is 2.29. The number of phenolic OH excluding ortho intramolecular Hbond substituents is 1. The third kappa shape index (κ3) is 4.10. The topological polar surface area (TPSA) is 102 Å². The third-order valence-electron chi connectivity index (χ3n) is 5.10. The lowest BCUT2D eigenvalue weighted by Crippen LogP contribution is -2.51. The molecular weight excluding hydrogens is 362 g/mol. The zero-order valence-corrected chi connectivity index (χ0v) is 15.9. The number of carbonyl (C=O) groups is 1. The van der Waals surface area contributed by atoms with Crippen molar-refractivity contribution < 1.29 is 19.4 Å². The summed E-state index contributed by atoms with van der Waals surface area (Å²) in [6.45, 7) is 2.46. The number of aryl methyl sites for hydroxylation is 1. The van der Waals surface area contributed by atoms with Gasteiger partial charge in [-0.2, -0.15) is 5.10 Å². The number of hydrogen-bond donors (Lipinski definition) is 2. The number of methoxy groups -OCH3 is 1. The smallest absolute Gasteiger partial charge is 0.317 e. The molecule has 1 aromatic carbocycles. The van der Waals surface area contributed by atoms with E-state index in [2.05, 4.69) is 15.4 Å². The number of aromatic nitrogens is 3. The van der Waals surface area contributed by atoms with Crippen LogP contribution in [0.25, 0.3) is 0 Å². The molecule has 2 N–H and O–H groups in total. The van der Waals surface area contributed by atoms with Gasteiger partial charge in [-0.25, -0.2) is 14.5 Å². The Kier molecular flexibility index (Phi) is 5.45. The number of rotatable bonds is 4. The van der Waals surface area contributed by atoms with Crippen molar-refractivity contribution in [3.8, 4) is 5.75 Å². The van der Waals surface area contributed by atoms with Crippen molar-refractivity contribution in [2.24, 2.45) is 0 Å². The van der Waals surface area contributed by atoms with Crippen LogP contribution in [-0.4, -0.2) is 63.7 Å². The molecule has 0 saturated carbocycles. The van der Waals surface area contributed by atoms with Gasteiger partial charge in [-0.15, -0.1) is 0 Å². The van der Waals surface area contributed by atoms with Gasteiger partial charge in [0.2, 0.25) is 0 Å². The zero-order chi connectivity index (χ0) is 19.5. The first kappa shape index (κ1) is 18.7. The van der Waals surface area contributed by atoms with E-state index < -0.39 is 0 Å². The van der Waals surface area contributed by atoms with Crippen molar-refractivity contribution in [2.75, 3.05) is 26.8 Å². The van der Waals surface area contributed by atoms with Crippen LogP contribution in [0, 0.1) is 0 Å². The van der Waals surface area contributed by atoms with Crippen LogP contribution < -0.4 is 5.32 Å². The predicted molar refractivity (Wildman–Crippen MR) is 99.7 cm³/mol. The average Bonchev–Trinajstić information content (AvgIpc) is 3.10. The molecule has 9 nitrogen and oxygen atoms in total. The average molecular weight is 387 g/mol. The van der Waals surface area contributed by atoms with Crippen LogP contribution in [0.2, 0.25) is 0 Å². The van der Waals surface area contributed by atoms with E-state index in [1.54, 1.807) is 30.2 Å². The van der Waals surface area contributed by atoms with E-state index in [1.807, 2.05) is 10.7 Å². The number of hydrogen-bond acceptors (Lipinski definition) is 6. The van der Waals surface area contributed by atoms with Crippen molar-refractivity contribution in [3.63, 3.8) is 0 Å². The van der Waals surface area contributed by atoms with Crippen molar-refractivity contribution in [1.82, 2.24) is 25.0 Å². The minimum absolute atomic E-state index is 0.0131. The Balaban J connectivity index is 1.35. The molecule has 1 fully saturated rings. The maximum atomic E-state index is 12.8. The van der Waals surface area contributed by atoms with Crippen molar-refractivity contribution in [1.29, 1.82) is 0 Å². The van der Waals surface area contributed by atoms with Crippen LogP contribution in [0.5, 0.6) is 5.75 Å². The van der Waals surface area contributed by atoms with E-state index in [4.69, 9.17) is 9.47 Å². The standard InChI is InChI=1S/C19H25N5O4/c1-27-12-17-21-18-6-5-14(10-24(18)22-17)20-19(26)23-7-8-28-16(11-23)13-3-2-4-15(25)9-13/h2-4,9,14,16,25H,5-8,10-12H2,1H3,(H,20,26). The summed E-state index contributed by atoms with van der Waals surface area (Å²) in [6, 6.07) is 6.89. The van der Waals surface area contributed by atoms with Gasteiger partial charge in [-0.3, -0.25) is 0 Å². The lowest BCUT2D eigenvalue weighted by molar-refractivity contribution is -0.0160. The van der Waals surface area contributed by atoms with Gasteiger partial charge in [0.05, 0.1) is 25.7 Å². The summed E-state index contributed by atoms with van der Waals surface area (Å²) in [5, 5.41) is 17.2. The van der Waals surface area contributed by atoms with Gasteiger partial charge in [0, 0.05) is 20.1 Å². The first-order chi connectivity index (χ1) is 13.6. The Morgan fingerprint density at radius 2 is 2.32 bits per heavy atom. The zero-order valence-electron chi connectivity index (χ0n) is 15.9. The fourth-order valence-electron chi connectivity index (χ4n) is 3.70. The van der Waals surface area contributed by atoms with Crippen LogP contribution in [0.4, 0.5) is 4.79 Å². The van der Waals surface area contributed by atoms with Gasteiger partial charge in [-0.05, 0) is 24.1 Å². The molecule has 2 unspecified atom stereocenters. The molecule has 1 saturated heterocycles. The number of nitrogens with zero attached hydrogens (tertiary/aromatic N) is 4. The number of fused-ring (bicyclic) bond motifs is 1. The summed E-state index contributed by atoms with van der Waals surface area (Å²) in [5.41, 5.74) is 0.869. The molecule has 2 atom stereocenters. The summed E-state index contributed by atoms with van der Waals surface area (Å²) < 4.78 is 12.7. The Morgan fingerprint density at radius 3 is 3.14 bits per heavy atom. The van der Waals surface area contributed by atoms with E-state index in [9.17, 15) is 9.90 Å². The molecule has 4 rings (SSSR count). The van der Waals surface area contributed by atoms with Crippen molar-refractivity contribution in [3.05, 3.63) is 41.5 Å². The van der Waals surface area contributed by atoms with Gasteiger partial charge in [-0.1, -0.05) is 12.1 Å². The first-order valence-electron chi connectivity index (χ1n) is 9.50. The molecule has 28 heavy (non-hydrogen) atoms. The summed E-state index contributed by atoms with van der Waals surface area (Å²) in [5.74, 6) is 1.81. The second-order valence-electron chi connectivity index (χ2n) is 7.14. The monoisotopic (exact) mass is 387 g/mol. The third-order valence-corrected chi connectivity index (χ3v) is 5.10. The number of phenols is 1. The molecule has 9 heteroatoms. The Hall–Kier alpha value is -2.65. The van der Waals surface area contributed by atoms with E-state index >= 15 is 0 Å². The summed E-state index contributed by atoms with van der Waals surface area (Å²) in [6.07, 6.45) is 1.37. The molecule has 150 valence electrons. The number of ether oxygens (including phenoxy) is 2. The molecular formula is C19H25N5O4. The van der Waals surface area contributed by atoms with Crippen LogP contribution in [0.3, 0.4) is 0 Å². The molecule has 3 heterocycles. The van der Waals surface area contributed by atoms with Gasteiger partial charge in [0.1, 0.15) is 24.3 Å². The van der Waals surface area contributed by atoms with Gasteiger partial charge >= 0.3 is 6.03 Å². The first-order valence-corrected chi connectivity index (χ1v) is 9.50. The van der Waals surface area contributed by atoms with Crippen molar-refractivity contribution >= 4 is 6.03 Å². The Morgan fingerprint density at radius 1 is 1.43 bits per heavy atom. The number of amides is 2. The van der Waals surface area contributed by atoms with Crippen LogP contribution in [0.15, 0.2) is 24.3 Å². The Bertz CT molecular complexity index is 839. The molecule has 2 aromatic rings. The molecule has 1 aromatic heterocycles. The molecule has 0 spiro atoms. The summed E-state index contributed by atoms with van der Waals surface area (Å²) in [4.78, 5) is 19.0. The number of urea groups is 1. The minimum Gasteiger partial charge on any atom is -0.508 e. The minimum atomic E-state index is -0.239. The van der Waals surface area contributed by atoms with E-state index in [-0.39, 0.29) is 23.9 Å². The fourth-order valence-corrected chi connectivity index (χ4v) is 3.70. The van der Waals surface area contributed by atoms with Gasteiger partial charge in [0.15, 0.2) is 5.82 Å². The van der Waals surface area contributed by atoms with Crippen LogP contribution in [0.1, 0.15) is 29.7 Å². The molecule has 2 aliphatic rings. The maximum absolute atomic E-state index is 12.8. The molecule has 2 amide bonds. The number of benzene rings is 1. The van der Waals surface area contributed by atoms with Crippen molar-refractivity contribution in [2.45, 2.75) is 38.1 Å². The van der Waals surface area contributed by atoms with E-state index in [1.165, 1.54) is 0 Å². The number of carbonyl (C=O) groups excluding carboxylic acids is 1. The SMILES string of the molecule is COCc1nc2n(n1)CC(NC(=O)N1CCOC(c3cccc(O)c3)C1)CC2. The molecule has 0 aliphatic carbocycles. The predicted octanol–water partition coefficient (Wildman–Crippen LogP) is 1.23. The highest BCUT2D eigenvalue weighted by Crippen LogP contribution is 2.25. The largest absolute Gasteiger partial charge is 0.508 e. The quantitative estimate of drug-likeness (QED) is 0.818. The highest BCUT2D eigenvalue weighted by molar-refractivity contribution is 5.74. The van der Waals surface area contributed by atoms with Gasteiger partial charge < -0.3 is 24.8 Å². The fraction of sp³-hybridized carbons (Fsp3) is 0.526. The molecule has 0 radical (unpaired) electrons. The normalized spacial score (nSPS) is 22.0. The van der Waals surface area contributed by atoms with Crippen LogP contribution in [-0.2, 0) is 29.0 Å². The van der Waals surface area contributed by atoms with E-state index in [0.29, 0.717) is 38.7 Å². The van der Waals surface area contributed by atoms with Gasteiger partial charge in [0.25, 0.3) is 0 Å². The summed E-state index contributed by atoms with van der Waals surface area (Å²) >= 11 is 0. The Labute approximate surface area is 163 Å². The number of nitrogens with one attached hydrogen (secondary N) is 1. The number of morpholine rings is 1. The van der Waals surface area contributed by atoms with Crippen LogP contribution >= 0.6 is 0 Å². The second-order valence-corrected chi connectivity index (χ2v) is 7.14.